The number of nitro groups is 1. The molecule has 1 atom stereocenters. The molecule has 0 radical (unpaired) electrons. The Balaban J connectivity index is 2.05. The molecular formula is C22H33N3O4. The first kappa shape index (κ1) is 23.1. The zero-order chi connectivity index (χ0) is 21.4. The molecule has 7 heteroatoms. The Labute approximate surface area is 173 Å². The summed E-state index contributed by atoms with van der Waals surface area (Å²) >= 11 is 0. The minimum atomic E-state index is -0.542. The molecule has 0 aromatic heterocycles. The van der Waals surface area contributed by atoms with Gasteiger partial charge in [-0.25, -0.2) is 0 Å². The van der Waals surface area contributed by atoms with E-state index in [2.05, 4.69) is 28.9 Å². The van der Waals surface area contributed by atoms with Crippen molar-refractivity contribution in [2.24, 2.45) is 0 Å². The lowest BCUT2D eigenvalue weighted by Crippen LogP contribution is -2.41. The fourth-order valence-corrected chi connectivity index (χ4v) is 3.74. The largest absolute Gasteiger partial charge is 0.395 e. The summed E-state index contributed by atoms with van der Waals surface area (Å²) in [5, 5.41) is 30.9. The Hall–Kier alpha value is -2.22. The van der Waals surface area contributed by atoms with Gasteiger partial charge in [0.25, 0.3) is 5.69 Å². The SMILES string of the molecule is CCCCN(CCO)CC(O)CN1C(C)=CC(c2cccc([N+](=O)[O-])c2)C=C1C. The quantitative estimate of drug-likeness (QED) is 0.435. The van der Waals surface area contributed by atoms with Crippen LogP contribution in [0.15, 0.2) is 47.8 Å². The Morgan fingerprint density at radius 1 is 1.24 bits per heavy atom. The van der Waals surface area contributed by atoms with Crippen LogP contribution in [-0.4, -0.2) is 63.8 Å². The van der Waals surface area contributed by atoms with Crippen molar-refractivity contribution in [3.8, 4) is 0 Å². The molecule has 1 aliphatic rings. The third-order valence-electron chi connectivity index (χ3n) is 5.27. The van der Waals surface area contributed by atoms with Gasteiger partial charge in [-0.1, -0.05) is 37.6 Å². The van der Waals surface area contributed by atoms with Gasteiger partial charge < -0.3 is 15.1 Å². The number of aliphatic hydroxyl groups excluding tert-OH is 2. The van der Waals surface area contributed by atoms with Gasteiger partial charge in [0, 0.05) is 49.1 Å². The van der Waals surface area contributed by atoms with Crippen LogP contribution in [0.4, 0.5) is 5.69 Å². The summed E-state index contributed by atoms with van der Waals surface area (Å²) in [5.41, 5.74) is 3.01. The molecule has 29 heavy (non-hydrogen) atoms. The van der Waals surface area contributed by atoms with E-state index in [1.54, 1.807) is 12.1 Å². The van der Waals surface area contributed by atoms with Crippen molar-refractivity contribution in [2.45, 2.75) is 45.6 Å². The summed E-state index contributed by atoms with van der Waals surface area (Å²) in [6.45, 7) is 8.63. The molecule has 7 nitrogen and oxygen atoms in total. The molecule has 160 valence electrons. The second kappa shape index (κ2) is 11.1. The lowest BCUT2D eigenvalue weighted by Gasteiger charge is -2.34. The van der Waals surface area contributed by atoms with E-state index in [1.165, 1.54) is 6.07 Å². The zero-order valence-electron chi connectivity index (χ0n) is 17.6. The van der Waals surface area contributed by atoms with Crippen molar-refractivity contribution in [3.63, 3.8) is 0 Å². The van der Waals surface area contributed by atoms with Crippen molar-refractivity contribution < 1.29 is 15.1 Å². The molecule has 0 saturated carbocycles. The number of aliphatic hydroxyl groups is 2. The van der Waals surface area contributed by atoms with Crippen LogP contribution in [0, 0.1) is 10.1 Å². The van der Waals surface area contributed by atoms with Crippen molar-refractivity contribution in [2.75, 3.05) is 32.8 Å². The summed E-state index contributed by atoms with van der Waals surface area (Å²) in [4.78, 5) is 14.9. The number of rotatable bonds is 11. The molecule has 1 heterocycles. The number of unbranched alkanes of at least 4 members (excludes halogenated alkanes) is 1. The summed E-state index contributed by atoms with van der Waals surface area (Å²) < 4.78 is 0. The summed E-state index contributed by atoms with van der Waals surface area (Å²) in [6, 6.07) is 6.72. The van der Waals surface area contributed by atoms with E-state index >= 15 is 0 Å². The van der Waals surface area contributed by atoms with Crippen LogP contribution < -0.4 is 0 Å². The highest BCUT2D eigenvalue weighted by atomic mass is 16.6. The summed E-state index contributed by atoms with van der Waals surface area (Å²) in [5.74, 6) is -0.0289. The maximum absolute atomic E-state index is 11.1. The van der Waals surface area contributed by atoms with E-state index in [4.69, 9.17) is 0 Å². The maximum Gasteiger partial charge on any atom is 0.269 e. The molecule has 0 aliphatic carbocycles. The van der Waals surface area contributed by atoms with E-state index in [-0.39, 0.29) is 23.1 Å². The molecule has 0 fully saturated rings. The van der Waals surface area contributed by atoms with E-state index in [1.807, 2.05) is 19.9 Å². The molecule has 1 aliphatic heterocycles. The van der Waals surface area contributed by atoms with E-state index in [9.17, 15) is 20.3 Å². The Morgan fingerprint density at radius 3 is 2.52 bits per heavy atom. The van der Waals surface area contributed by atoms with Gasteiger partial charge in [0.1, 0.15) is 0 Å². The van der Waals surface area contributed by atoms with Crippen molar-refractivity contribution in [1.82, 2.24) is 9.80 Å². The van der Waals surface area contributed by atoms with Crippen LogP contribution in [0.2, 0.25) is 0 Å². The molecule has 1 aromatic carbocycles. The van der Waals surface area contributed by atoms with Gasteiger partial charge in [-0.3, -0.25) is 15.0 Å². The minimum absolute atomic E-state index is 0.0289. The topological polar surface area (TPSA) is 90.1 Å². The standard InChI is InChI=1S/C22H33N3O4/c1-4-5-9-23(10-11-26)15-22(27)16-24-17(2)12-20(13-18(24)3)19-7-6-8-21(14-19)25(28)29/h6-8,12-14,20,22,26-27H,4-5,9-11,15-16H2,1-3H3. The first-order chi connectivity index (χ1) is 13.8. The van der Waals surface area contributed by atoms with Crippen LogP contribution in [0.1, 0.15) is 45.1 Å². The van der Waals surface area contributed by atoms with E-state index in [0.717, 1.165) is 36.3 Å². The fourth-order valence-electron chi connectivity index (χ4n) is 3.74. The van der Waals surface area contributed by atoms with Crippen molar-refractivity contribution in [1.29, 1.82) is 0 Å². The molecule has 1 aromatic rings. The van der Waals surface area contributed by atoms with E-state index < -0.39 is 6.10 Å². The number of hydrogen-bond donors (Lipinski definition) is 2. The van der Waals surface area contributed by atoms with Gasteiger partial charge >= 0.3 is 0 Å². The number of benzene rings is 1. The molecule has 0 amide bonds. The lowest BCUT2D eigenvalue weighted by molar-refractivity contribution is -0.384. The van der Waals surface area contributed by atoms with Crippen LogP contribution in [0.3, 0.4) is 0 Å². The normalized spacial score (nSPS) is 16.0. The third-order valence-corrected chi connectivity index (χ3v) is 5.27. The highest BCUT2D eigenvalue weighted by Crippen LogP contribution is 2.31. The number of nitro benzene ring substituents is 1. The maximum atomic E-state index is 11.1. The van der Waals surface area contributed by atoms with E-state index in [0.29, 0.717) is 19.6 Å². The Bertz CT molecular complexity index is 727. The zero-order valence-corrected chi connectivity index (χ0v) is 17.6. The predicted octanol–water partition coefficient (Wildman–Crippen LogP) is 3.26. The van der Waals surface area contributed by atoms with Crippen LogP contribution in [0.5, 0.6) is 0 Å². The van der Waals surface area contributed by atoms with Crippen LogP contribution in [0.25, 0.3) is 0 Å². The Kier molecular flexibility index (Phi) is 8.82. The second-order valence-electron chi connectivity index (χ2n) is 7.64. The molecule has 0 saturated heterocycles. The molecule has 2 N–H and O–H groups in total. The minimum Gasteiger partial charge on any atom is -0.395 e. The number of non-ortho nitro benzene ring substituents is 1. The predicted molar refractivity (Wildman–Crippen MR) is 114 cm³/mol. The van der Waals surface area contributed by atoms with Gasteiger partial charge in [-0.2, -0.15) is 0 Å². The smallest absolute Gasteiger partial charge is 0.269 e. The number of nitrogens with zero attached hydrogens (tertiary/aromatic N) is 3. The van der Waals surface area contributed by atoms with Gasteiger partial charge in [0.05, 0.1) is 17.6 Å². The molecule has 1 unspecified atom stereocenters. The van der Waals surface area contributed by atoms with Crippen molar-refractivity contribution in [3.05, 3.63) is 63.5 Å². The molecule has 2 rings (SSSR count). The highest BCUT2D eigenvalue weighted by molar-refractivity contribution is 5.41. The number of β-amino-alcohol motifs (C(OH)–C–C–N with tert-alkyl or cyclic N) is 1. The monoisotopic (exact) mass is 403 g/mol. The fraction of sp³-hybridized carbons (Fsp3) is 0.545. The van der Waals surface area contributed by atoms with Crippen LogP contribution >= 0.6 is 0 Å². The first-order valence-electron chi connectivity index (χ1n) is 10.3. The first-order valence-corrected chi connectivity index (χ1v) is 10.3. The van der Waals surface area contributed by atoms with Gasteiger partial charge in [-0.15, -0.1) is 0 Å². The molecule has 0 spiro atoms. The van der Waals surface area contributed by atoms with Gasteiger partial charge in [-0.05, 0) is 32.4 Å². The van der Waals surface area contributed by atoms with Gasteiger partial charge in [0.2, 0.25) is 0 Å². The molecule has 0 bridgehead atoms. The molecular weight excluding hydrogens is 370 g/mol. The second-order valence-corrected chi connectivity index (χ2v) is 7.64. The van der Waals surface area contributed by atoms with Crippen LogP contribution in [-0.2, 0) is 0 Å². The average Bonchev–Trinajstić information content (AvgIpc) is 2.69. The Morgan fingerprint density at radius 2 is 1.93 bits per heavy atom. The average molecular weight is 404 g/mol. The third kappa shape index (κ3) is 6.66. The number of allylic oxidation sites excluding steroid dienone is 4. The number of hydrogen-bond acceptors (Lipinski definition) is 6. The van der Waals surface area contributed by atoms with Gasteiger partial charge in [0.15, 0.2) is 0 Å². The highest BCUT2D eigenvalue weighted by Gasteiger charge is 2.22. The lowest BCUT2D eigenvalue weighted by atomic mass is 9.93. The summed E-state index contributed by atoms with van der Waals surface area (Å²) in [7, 11) is 0. The van der Waals surface area contributed by atoms with Crippen molar-refractivity contribution >= 4 is 5.69 Å². The summed E-state index contributed by atoms with van der Waals surface area (Å²) in [6.07, 6.45) is 5.72.